The van der Waals surface area contributed by atoms with E-state index in [1.54, 1.807) is 0 Å². The van der Waals surface area contributed by atoms with Crippen LogP contribution in [0.25, 0.3) is 5.65 Å². The molecule has 0 spiro atoms. The molecule has 4 atom stereocenters. The number of aryl methyl sites for hydroxylation is 2. The third kappa shape index (κ3) is 2.52. The fourth-order valence-electron chi connectivity index (χ4n) is 4.98. The van der Waals surface area contributed by atoms with Gasteiger partial charge in [0.15, 0.2) is 0 Å². The second-order valence-corrected chi connectivity index (χ2v) is 7.74. The van der Waals surface area contributed by atoms with E-state index >= 15 is 0 Å². The van der Waals surface area contributed by atoms with Gasteiger partial charge in [-0.2, -0.15) is 0 Å². The molecule has 0 radical (unpaired) electrons. The van der Waals surface area contributed by atoms with Crippen molar-refractivity contribution in [1.29, 1.82) is 0 Å². The van der Waals surface area contributed by atoms with Crippen molar-refractivity contribution in [3.63, 3.8) is 0 Å². The van der Waals surface area contributed by atoms with Gasteiger partial charge in [0.05, 0.1) is 11.3 Å². The zero-order chi connectivity index (χ0) is 16.8. The number of rotatable bonds is 4. The zero-order valence-corrected chi connectivity index (χ0v) is 14.9. The Bertz CT molecular complexity index is 779. The monoisotopic (exact) mass is 325 g/mol. The first-order chi connectivity index (χ1) is 11.6. The van der Waals surface area contributed by atoms with E-state index in [-0.39, 0.29) is 11.9 Å². The Balaban J connectivity index is 1.51. The lowest BCUT2D eigenvalue weighted by Gasteiger charge is -2.28. The van der Waals surface area contributed by atoms with Crippen molar-refractivity contribution in [3.05, 3.63) is 35.3 Å². The highest BCUT2D eigenvalue weighted by Crippen LogP contribution is 2.49. The predicted octanol–water partition coefficient (Wildman–Crippen LogP) is 3.76. The van der Waals surface area contributed by atoms with Crippen LogP contribution >= 0.6 is 0 Å². The molecule has 128 valence electrons. The summed E-state index contributed by atoms with van der Waals surface area (Å²) in [7, 11) is 0. The Labute approximate surface area is 143 Å². The Morgan fingerprint density at radius 2 is 2.21 bits per heavy atom. The van der Waals surface area contributed by atoms with Crippen molar-refractivity contribution in [2.24, 2.45) is 17.8 Å². The number of nitrogens with one attached hydrogen (secondary N) is 1. The molecule has 2 saturated carbocycles. The molecule has 2 heterocycles. The summed E-state index contributed by atoms with van der Waals surface area (Å²) < 4.78 is 2.04. The van der Waals surface area contributed by atoms with Crippen LogP contribution in [0, 0.1) is 24.7 Å². The summed E-state index contributed by atoms with van der Waals surface area (Å²) in [5, 5.41) is 3.26. The molecule has 2 aromatic heterocycles. The molecular weight excluding hydrogens is 298 g/mol. The average molecular weight is 325 g/mol. The van der Waals surface area contributed by atoms with Crippen LogP contribution in [-0.2, 0) is 6.42 Å². The van der Waals surface area contributed by atoms with E-state index in [1.807, 2.05) is 22.7 Å². The van der Waals surface area contributed by atoms with Crippen molar-refractivity contribution in [3.8, 4) is 0 Å². The van der Waals surface area contributed by atoms with Crippen LogP contribution in [0.2, 0.25) is 0 Å². The largest absolute Gasteiger partial charge is 0.349 e. The van der Waals surface area contributed by atoms with Crippen LogP contribution in [0.15, 0.2) is 18.3 Å². The van der Waals surface area contributed by atoms with Gasteiger partial charge in [0.1, 0.15) is 5.65 Å². The third-order valence-corrected chi connectivity index (χ3v) is 6.35. The SMILES string of the molecule is CCc1nc2ccc(C(=O)NC(C)C3CC4CCC3C4)cn2c1C. The molecule has 2 fully saturated rings. The molecule has 2 aliphatic rings. The van der Waals surface area contributed by atoms with E-state index in [1.165, 1.54) is 25.7 Å². The second kappa shape index (κ2) is 5.91. The molecule has 2 aromatic rings. The number of carbonyl (C=O) groups excluding carboxylic acids is 1. The fraction of sp³-hybridized carbons (Fsp3) is 0.600. The van der Waals surface area contributed by atoms with Crippen LogP contribution in [0.4, 0.5) is 0 Å². The molecule has 1 N–H and O–H groups in total. The normalized spacial score (nSPS) is 26.9. The predicted molar refractivity (Wildman–Crippen MR) is 95.2 cm³/mol. The van der Waals surface area contributed by atoms with E-state index in [0.717, 1.165) is 40.9 Å². The fourth-order valence-corrected chi connectivity index (χ4v) is 4.98. The average Bonchev–Trinajstić information content (AvgIpc) is 3.29. The highest BCUT2D eigenvalue weighted by molar-refractivity contribution is 5.94. The van der Waals surface area contributed by atoms with Crippen LogP contribution in [-0.4, -0.2) is 21.3 Å². The van der Waals surface area contributed by atoms with Gasteiger partial charge < -0.3 is 9.72 Å². The van der Waals surface area contributed by atoms with Gasteiger partial charge in [-0.25, -0.2) is 4.98 Å². The number of hydrogen-bond acceptors (Lipinski definition) is 2. The molecule has 1 amide bonds. The molecule has 24 heavy (non-hydrogen) atoms. The molecular formula is C20H27N3O. The van der Waals surface area contributed by atoms with Crippen molar-refractivity contribution in [1.82, 2.24) is 14.7 Å². The number of amides is 1. The summed E-state index contributed by atoms with van der Waals surface area (Å²) in [5.74, 6) is 2.45. The van der Waals surface area contributed by atoms with Gasteiger partial charge >= 0.3 is 0 Å². The van der Waals surface area contributed by atoms with Crippen molar-refractivity contribution in [2.45, 2.75) is 58.9 Å². The smallest absolute Gasteiger partial charge is 0.252 e. The van der Waals surface area contributed by atoms with E-state index in [2.05, 4.69) is 31.1 Å². The number of hydrogen-bond donors (Lipinski definition) is 1. The number of pyridine rings is 1. The molecule has 4 unspecified atom stereocenters. The van der Waals surface area contributed by atoms with Gasteiger partial charge in [-0.15, -0.1) is 0 Å². The summed E-state index contributed by atoms with van der Waals surface area (Å²) in [5.41, 5.74) is 3.87. The van der Waals surface area contributed by atoms with E-state index in [4.69, 9.17) is 0 Å². The van der Waals surface area contributed by atoms with Gasteiger partial charge in [-0.05, 0) is 69.4 Å². The summed E-state index contributed by atoms with van der Waals surface area (Å²) in [4.78, 5) is 17.3. The molecule has 0 aromatic carbocycles. The minimum atomic E-state index is 0.0401. The Kier molecular flexibility index (Phi) is 3.86. The van der Waals surface area contributed by atoms with Crippen LogP contribution < -0.4 is 5.32 Å². The maximum atomic E-state index is 12.7. The molecule has 4 rings (SSSR count). The van der Waals surface area contributed by atoms with Crippen LogP contribution in [0.3, 0.4) is 0 Å². The number of imidazole rings is 1. The lowest BCUT2D eigenvalue weighted by atomic mass is 9.84. The molecule has 4 nitrogen and oxygen atoms in total. The van der Waals surface area contributed by atoms with Crippen LogP contribution in [0.5, 0.6) is 0 Å². The summed E-state index contributed by atoms with van der Waals surface area (Å²) in [6.45, 7) is 6.36. The number of aromatic nitrogens is 2. The maximum absolute atomic E-state index is 12.7. The zero-order valence-electron chi connectivity index (χ0n) is 14.9. The highest BCUT2D eigenvalue weighted by Gasteiger charge is 2.42. The third-order valence-electron chi connectivity index (χ3n) is 6.35. The maximum Gasteiger partial charge on any atom is 0.252 e. The van der Waals surface area contributed by atoms with Gasteiger partial charge in [0.2, 0.25) is 0 Å². The topological polar surface area (TPSA) is 46.4 Å². The Hall–Kier alpha value is -1.84. The Morgan fingerprint density at radius 3 is 2.88 bits per heavy atom. The number of carbonyl (C=O) groups is 1. The first-order valence-corrected chi connectivity index (χ1v) is 9.35. The second-order valence-electron chi connectivity index (χ2n) is 7.74. The van der Waals surface area contributed by atoms with Gasteiger partial charge in [0, 0.05) is 17.9 Å². The quantitative estimate of drug-likeness (QED) is 0.930. The van der Waals surface area contributed by atoms with E-state index < -0.39 is 0 Å². The number of nitrogens with zero attached hydrogens (tertiary/aromatic N) is 2. The minimum Gasteiger partial charge on any atom is -0.349 e. The lowest BCUT2D eigenvalue weighted by Crippen LogP contribution is -2.40. The van der Waals surface area contributed by atoms with Gasteiger partial charge in [-0.3, -0.25) is 4.79 Å². The highest BCUT2D eigenvalue weighted by atomic mass is 16.1. The molecule has 4 heteroatoms. The first kappa shape index (κ1) is 15.7. The Morgan fingerprint density at radius 1 is 1.38 bits per heavy atom. The van der Waals surface area contributed by atoms with Crippen LogP contribution in [0.1, 0.15) is 61.3 Å². The minimum absolute atomic E-state index is 0.0401. The van der Waals surface area contributed by atoms with Crippen molar-refractivity contribution >= 4 is 11.6 Å². The lowest BCUT2D eigenvalue weighted by molar-refractivity contribution is 0.0915. The van der Waals surface area contributed by atoms with E-state index in [0.29, 0.717) is 5.92 Å². The van der Waals surface area contributed by atoms with Crippen molar-refractivity contribution in [2.75, 3.05) is 0 Å². The summed E-state index contributed by atoms with van der Waals surface area (Å²) in [6.07, 6.45) is 8.28. The summed E-state index contributed by atoms with van der Waals surface area (Å²) >= 11 is 0. The number of fused-ring (bicyclic) bond motifs is 3. The first-order valence-electron chi connectivity index (χ1n) is 9.35. The molecule has 2 aliphatic carbocycles. The molecule has 0 saturated heterocycles. The van der Waals surface area contributed by atoms with Gasteiger partial charge in [0.25, 0.3) is 5.91 Å². The van der Waals surface area contributed by atoms with Gasteiger partial charge in [-0.1, -0.05) is 13.3 Å². The van der Waals surface area contributed by atoms with E-state index in [9.17, 15) is 4.79 Å². The molecule has 0 aliphatic heterocycles. The molecule has 2 bridgehead atoms. The summed E-state index contributed by atoms with van der Waals surface area (Å²) in [6, 6.07) is 4.10. The van der Waals surface area contributed by atoms with Crippen molar-refractivity contribution < 1.29 is 4.79 Å². The standard InChI is InChI=1S/C20H27N3O/c1-4-18-13(3)23-11-16(7-8-19(23)22-18)20(24)21-12(2)17-10-14-5-6-15(17)9-14/h7-8,11-12,14-15,17H,4-6,9-10H2,1-3H3,(H,21,24).